The number of hydrogen-bond acceptors (Lipinski definition) is 8. The number of rotatable bonds is 8. The van der Waals surface area contributed by atoms with E-state index >= 15 is 0 Å². The number of carboxylic acid groups (broad SMARTS) is 1. The Labute approximate surface area is 188 Å². The minimum atomic E-state index is -4.14. The molecule has 1 aliphatic rings. The quantitative estimate of drug-likeness (QED) is 0.473. The third kappa shape index (κ3) is 3.72. The van der Waals surface area contributed by atoms with E-state index in [1.54, 1.807) is 38.1 Å². The van der Waals surface area contributed by atoms with Crippen LogP contribution in [0, 0.1) is 5.92 Å². The normalized spacial score (nSPS) is 22.4. The molecule has 168 valence electrons. The fraction of sp³-hybridized carbons (Fsp3) is 0.286. The molecule has 0 saturated heterocycles. The molecule has 0 spiro atoms. The van der Waals surface area contributed by atoms with Gasteiger partial charge in [-0.2, -0.15) is 4.72 Å². The first-order valence-corrected chi connectivity index (χ1v) is 12.1. The highest BCUT2D eigenvalue weighted by Gasteiger charge is 2.70. The van der Waals surface area contributed by atoms with Gasteiger partial charge in [-0.05, 0) is 30.5 Å². The lowest BCUT2D eigenvalue weighted by atomic mass is 10.1. The summed E-state index contributed by atoms with van der Waals surface area (Å²) in [7, 11) is -4.14. The molecule has 2 N–H and O–H groups in total. The average molecular weight is 477 g/mol. The van der Waals surface area contributed by atoms with Crippen molar-refractivity contribution in [1.82, 2.24) is 9.88 Å². The molecule has 1 aliphatic carbocycles. The first kappa shape index (κ1) is 22.2. The fourth-order valence-electron chi connectivity index (χ4n) is 3.87. The van der Waals surface area contributed by atoms with Crippen molar-refractivity contribution in [2.75, 3.05) is 6.61 Å². The van der Waals surface area contributed by atoms with Crippen molar-refractivity contribution < 1.29 is 32.4 Å². The summed E-state index contributed by atoms with van der Waals surface area (Å²) in [5.74, 6) is -2.91. The molecule has 3 atom stereocenters. The van der Waals surface area contributed by atoms with E-state index < -0.39 is 39.3 Å². The number of carbonyl (C=O) groups is 2. The second-order valence-electron chi connectivity index (χ2n) is 7.37. The van der Waals surface area contributed by atoms with E-state index in [9.17, 15) is 23.1 Å². The maximum atomic E-state index is 13.1. The van der Waals surface area contributed by atoms with Crippen LogP contribution in [0.3, 0.4) is 0 Å². The topological polar surface area (TPSA) is 136 Å². The predicted octanol–water partition coefficient (Wildman–Crippen LogP) is 3.12. The zero-order valence-corrected chi connectivity index (χ0v) is 18.8. The van der Waals surface area contributed by atoms with Crippen LogP contribution in [-0.2, 0) is 19.6 Å². The number of carboxylic acids is 1. The van der Waals surface area contributed by atoms with Crippen molar-refractivity contribution in [3.8, 4) is 10.6 Å². The fourth-order valence-corrected chi connectivity index (χ4v) is 6.58. The highest BCUT2D eigenvalue weighted by Crippen LogP contribution is 2.58. The van der Waals surface area contributed by atoms with Crippen LogP contribution in [0.15, 0.2) is 57.3 Å². The number of nitrogens with one attached hydrogen (secondary N) is 1. The third-order valence-electron chi connectivity index (χ3n) is 5.50. The molecule has 32 heavy (non-hydrogen) atoms. The number of sulfonamides is 1. The third-order valence-corrected chi connectivity index (χ3v) is 8.58. The number of aromatic nitrogens is 1. The summed E-state index contributed by atoms with van der Waals surface area (Å²) in [5, 5.41) is 13.7. The summed E-state index contributed by atoms with van der Waals surface area (Å²) < 4.78 is 38.3. The van der Waals surface area contributed by atoms with Crippen molar-refractivity contribution >= 4 is 33.3 Å². The van der Waals surface area contributed by atoms with Gasteiger partial charge in [-0.25, -0.2) is 13.2 Å². The molecule has 2 aromatic heterocycles. The second kappa shape index (κ2) is 8.15. The van der Waals surface area contributed by atoms with Gasteiger partial charge in [0.2, 0.25) is 5.76 Å². The Hall–Kier alpha value is -3.02. The molecule has 1 saturated carbocycles. The number of esters is 1. The van der Waals surface area contributed by atoms with Crippen molar-refractivity contribution in [3.63, 3.8) is 0 Å². The Morgan fingerprint density at radius 3 is 2.62 bits per heavy atom. The molecule has 0 bridgehead atoms. The number of hydrogen-bond donors (Lipinski definition) is 2. The number of benzene rings is 1. The summed E-state index contributed by atoms with van der Waals surface area (Å²) >= 11 is 0.892. The first-order chi connectivity index (χ1) is 15.2. The van der Waals surface area contributed by atoms with Crippen LogP contribution in [0.25, 0.3) is 10.6 Å². The Bertz CT molecular complexity index is 1270. The lowest BCUT2D eigenvalue weighted by molar-refractivity contribution is -0.140. The predicted molar refractivity (Wildman–Crippen MR) is 115 cm³/mol. The van der Waals surface area contributed by atoms with Crippen LogP contribution in [0.1, 0.15) is 35.9 Å². The summed E-state index contributed by atoms with van der Waals surface area (Å²) in [5.41, 5.74) is -0.601. The van der Waals surface area contributed by atoms with E-state index in [2.05, 4.69) is 9.88 Å². The molecule has 11 heteroatoms. The standard InChI is InChI=1S/C21H20N2O7S2/c1-3-29-19(24)15-11-14(22-30-15)16-9-10-17(31-16)32(27,28)23-21(20(25)26)12(2)18(21)13-7-5-4-6-8-13/h4-12,18,23H,3H2,1-2H3,(H,25,26)/t12-,18-,21+/m1/s1. The van der Waals surface area contributed by atoms with Crippen LogP contribution in [0.2, 0.25) is 0 Å². The smallest absolute Gasteiger partial charge is 0.377 e. The molecular formula is C21H20N2O7S2. The zero-order valence-electron chi connectivity index (χ0n) is 17.1. The van der Waals surface area contributed by atoms with Gasteiger partial charge in [-0.15, -0.1) is 11.3 Å². The van der Waals surface area contributed by atoms with Crippen LogP contribution in [0.5, 0.6) is 0 Å². The molecule has 4 rings (SSSR count). The van der Waals surface area contributed by atoms with Gasteiger partial charge in [0.15, 0.2) is 0 Å². The molecule has 0 aliphatic heterocycles. The minimum absolute atomic E-state index is 0.0697. The van der Waals surface area contributed by atoms with Gasteiger partial charge in [0, 0.05) is 12.0 Å². The van der Waals surface area contributed by atoms with Gasteiger partial charge in [-0.3, -0.25) is 4.79 Å². The number of aliphatic carboxylic acids is 1. The summed E-state index contributed by atoms with van der Waals surface area (Å²) in [6.07, 6.45) is 0. The Morgan fingerprint density at radius 2 is 1.97 bits per heavy atom. The van der Waals surface area contributed by atoms with E-state index in [-0.39, 0.29) is 22.3 Å². The van der Waals surface area contributed by atoms with Crippen molar-refractivity contribution in [3.05, 3.63) is 59.9 Å². The second-order valence-corrected chi connectivity index (χ2v) is 10.4. The summed E-state index contributed by atoms with van der Waals surface area (Å²) in [4.78, 5) is 24.3. The molecule has 0 radical (unpaired) electrons. The van der Waals surface area contributed by atoms with E-state index in [0.717, 1.165) is 16.9 Å². The van der Waals surface area contributed by atoms with Crippen LogP contribution in [0.4, 0.5) is 0 Å². The maximum Gasteiger partial charge on any atom is 0.377 e. The Balaban J connectivity index is 1.59. The zero-order chi connectivity index (χ0) is 23.1. The van der Waals surface area contributed by atoms with Gasteiger partial charge in [0.1, 0.15) is 15.4 Å². The van der Waals surface area contributed by atoms with Crippen LogP contribution in [-0.4, -0.2) is 42.8 Å². The highest BCUT2D eigenvalue weighted by atomic mass is 32.2. The van der Waals surface area contributed by atoms with Crippen LogP contribution >= 0.6 is 11.3 Å². The van der Waals surface area contributed by atoms with Gasteiger partial charge >= 0.3 is 11.9 Å². The maximum absolute atomic E-state index is 13.1. The van der Waals surface area contributed by atoms with Gasteiger partial charge in [0.05, 0.1) is 11.5 Å². The molecule has 0 unspecified atom stereocenters. The number of carbonyl (C=O) groups excluding carboxylic acids is 1. The average Bonchev–Trinajstić information content (AvgIpc) is 3.20. The molecule has 3 aromatic rings. The monoisotopic (exact) mass is 476 g/mol. The van der Waals surface area contributed by atoms with Crippen molar-refractivity contribution in [2.45, 2.75) is 29.5 Å². The summed E-state index contributed by atoms with van der Waals surface area (Å²) in [6.45, 7) is 3.54. The molecular weight excluding hydrogens is 456 g/mol. The lowest BCUT2D eigenvalue weighted by Gasteiger charge is -2.15. The van der Waals surface area contributed by atoms with Crippen LogP contribution < -0.4 is 4.72 Å². The van der Waals surface area contributed by atoms with Gasteiger partial charge in [0.25, 0.3) is 10.0 Å². The van der Waals surface area contributed by atoms with Gasteiger partial charge < -0.3 is 14.4 Å². The molecule has 2 heterocycles. The van der Waals surface area contributed by atoms with E-state index in [4.69, 9.17) is 9.26 Å². The van der Waals surface area contributed by atoms with Crippen molar-refractivity contribution in [2.24, 2.45) is 5.92 Å². The summed E-state index contributed by atoms with van der Waals surface area (Å²) in [6, 6.07) is 13.2. The minimum Gasteiger partial charge on any atom is -0.480 e. The first-order valence-electron chi connectivity index (χ1n) is 9.77. The van der Waals surface area contributed by atoms with E-state index in [1.807, 2.05) is 6.07 Å². The number of nitrogens with zero attached hydrogens (tertiary/aromatic N) is 1. The number of ether oxygens (including phenoxy) is 1. The van der Waals surface area contributed by atoms with E-state index in [0.29, 0.717) is 4.88 Å². The Morgan fingerprint density at radius 1 is 1.25 bits per heavy atom. The molecule has 1 fully saturated rings. The lowest BCUT2D eigenvalue weighted by Crippen LogP contribution is -2.45. The highest BCUT2D eigenvalue weighted by molar-refractivity contribution is 7.91. The Kier molecular flexibility index (Phi) is 5.65. The van der Waals surface area contributed by atoms with E-state index in [1.165, 1.54) is 18.2 Å². The molecule has 0 amide bonds. The number of thiophene rings is 1. The van der Waals surface area contributed by atoms with Crippen molar-refractivity contribution in [1.29, 1.82) is 0 Å². The molecule has 9 nitrogen and oxygen atoms in total. The van der Waals surface area contributed by atoms with Gasteiger partial charge in [-0.1, -0.05) is 42.4 Å². The largest absolute Gasteiger partial charge is 0.480 e. The molecule has 1 aromatic carbocycles. The SMILES string of the molecule is CCOC(=O)c1cc(-c2ccc(S(=O)(=O)N[C@@]3(C(=O)O)[C@H](C)[C@@H]3c3ccccc3)s2)no1.